The molecule has 3 nitrogen and oxygen atoms in total. The van der Waals surface area contributed by atoms with E-state index >= 15 is 0 Å². The van der Waals surface area contributed by atoms with E-state index in [1.807, 2.05) is 12.1 Å². The Balaban J connectivity index is 2.52. The van der Waals surface area contributed by atoms with Gasteiger partial charge in [-0.05, 0) is 18.6 Å². The molecule has 0 aliphatic rings. The molecule has 0 amide bonds. The summed E-state index contributed by atoms with van der Waals surface area (Å²) < 4.78 is 10.8. The van der Waals surface area contributed by atoms with Gasteiger partial charge in [-0.1, -0.05) is 19.8 Å². The van der Waals surface area contributed by atoms with Gasteiger partial charge in [0.15, 0.2) is 11.5 Å². The minimum absolute atomic E-state index is 0.688. The van der Waals surface area contributed by atoms with Crippen LogP contribution in [-0.2, 0) is 0 Å². The predicted molar refractivity (Wildman–Crippen MR) is 62.4 cm³/mol. The molecule has 0 spiro atoms. The second-order valence-corrected chi connectivity index (χ2v) is 3.47. The van der Waals surface area contributed by atoms with E-state index in [2.05, 4.69) is 6.92 Å². The molecule has 0 aliphatic carbocycles. The highest BCUT2D eigenvalue weighted by molar-refractivity contribution is 5.51. The number of hydrogen-bond donors (Lipinski definition) is 1. The summed E-state index contributed by atoms with van der Waals surface area (Å²) in [6.45, 7) is 2.90. The summed E-state index contributed by atoms with van der Waals surface area (Å²) in [4.78, 5) is 0. The predicted octanol–water partition coefficient (Wildman–Crippen LogP) is 2.85. The van der Waals surface area contributed by atoms with E-state index in [1.54, 1.807) is 13.2 Å². The monoisotopic (exact) mass is 209 g/mol. The molecule has 1 aromatic rings. The number of methoxy groups -OCH3 is 1. The van der Waals surface area contributed by atoms with Crippen LogP contribution in [-0.4, -0.2) is 13.7 Å². The van der Waals surface area contributed by atoms with Crippen LogP contribution in [0, 0.1) is 0 Å². The first-order chi connectivity index (χ1) is 7.27. The average molecular weight is 209 g/mol. The molecule has 0 fully saturated rings. The number of unbranched alkanes of at least 4 members (excludes halogenated alkanes) is 2. The molecule has 84 valence electrons. The zero-order valence-electron chi connectivity index (χ0n) is 9.45. The highest BCUT2D eigenvalue weighted by Crippen LogP contribution is 2.28. The van der Waals surface area contributed by atoms with E-state index in [0.29, 0.717) is 11.4 Å². The zero-order chi connectivity index (χ0) is 11.1. The van der Waals surface area contributed by atoms with E-state index < -0.39 is 0 Å². The second-order valence-electron chi connectivity index (χ2n) is 3.47. The Bertz CT molecular complexity index is 300. The van der Waals surface area contributed by atoms with Gasteiger partial charge in [0, 0.05) is 11.8 Å². The molecule has 0 saturated heterocycles. The van der Waals surface area contributed by atoms with Crippen LogP contribution in [0.4, 0.5) is 5.69 Å². The first-order valence-electron chi connectivity index (χ1n) is 5.34. The highest BCUT2D eigenvalue weighted by atomic mass is 16.5. The summed E-state index contributed by atoms with van der Waals surface area (Å²) in [7, 11) is 1.62. The zero-order valence-corrected chi connectivity index (χ0v) is 9.45. The van der Waals surface area contributed by atoms with E-state index in [1.165, 1.54) is 12.8 Å². The lowest BCUT2D eigenvalue weighted by molar-refractivity contribution is 0.286. The molecule has 0 unspecified atom stereocenters. The molecule has 0 heterocycles. The van der Waals surface area contributed by atoms with Crippen molar-refractivity contribution in [3.8, 4) is 11.5 Å². The number of benzene rings is 1. The third kappa shape index (κ3) is 3.70. The van der Waals surface area contributed by atoms with E-state index in [0.717, 1.165) is 18.8 Å². The van der Waals surface area contributed by atoms with Gasteiger partial charge in [-0.3, -0.25) is 0 Å². The quantitative estimate of drug-likeness (QED) is 0.578. The van der Waals surface area contributed by atoms with Crippen molar-refractivity contribution in [3.05, 3.63) is 18.2 Å². The minimum Gasteiger partial charge on any atom is -0.493 e. The summed E-state index contributed by atoms with van der Waals surface area (Å²) in [6.07, 6.45) is 3.46. The van der Waals surface area contributed by atoms with Crippen molar-refractivity contribution in [1.82, 2.24) is 0 Å². The van der Waals surface area contributed by atoms with Crippen molar-refractivity contribution in [2.45, 2.75) is 26.2 Å². The fourth-order valence-corrected chi connectivity index (χ4v) is 1.34. The standard InChI is InChI=1S/C12H19NO2/c1-3-4-5-8-15-11-7-6-10(13)9-12(11)14-2/h6-7,9H,3-5,8,13H2,1-2H3. The molecule has 3 heteroatoms. The largest absolute Gasteiger partial charge is 0.493 e. The third-order valence-corrected chi connectivity index (χ3v) is 2.19. The lowest BCUT2D eigenvalue weighted by Crippen LogP contribution is -1.99. The average Bonchev–Trinajstić information content (AvgIpc) is 2.26. The molecule has 0 aliphatic heterocycles. The number of nitrogens with two attached hydrogens (primary N) is 1. The Morgan fingerprint density at radius 3 is 2.67 bits per heavy atom. The molecule has 0 atom stereocenters. The van der Waals surface area contributed by atoms with Gasteiger partial charge < -0.3 is 15.2 Å². The maximum absolute atomic E-state index is 5.64. The van der Waals surface area contributed by atoms with Crippen LogP contribution in [0.5, 0.6) is 11.5 Å². The van der Waals surface area contributed by atoms with E-state index in [-0.39, 0.29) is 0 Å². The molecule has 15 heavy (non-hydrogen) atoms. The Morgan fingerprint density at radius 1 is 1.20 bits per heavy atom. The van der Waals surface area contributed by atoms with Crippen LogP contribution in [0.3, 0.4) is 0 Å². The maximum atomic E-state index is 5.64. The SMILES string of the molecule is CCCCCOc1ccc(N)cc1OC. The second kappa shape index (κ2) is 6.17. The van der Waals surface area contributed by atoms with Gasteiger partial charge in [0.25, 0.3) is 0 Å². The number of nitrogen functional groups attached to an aromatic ring is 1. The van der Waals surface area contributed by atoms with Crippen molar-refractivity contribution in [2.24, 2.45) is 0 Å². The summed E-state index contributed by atoms with van der Waals surface area (Å²) in [5.74, 6) is 1.47. The fraction of sp³-hybridized carbons (Fsp3) is 0.500. The van der Waals surface area contributed by atoms with Gasteiger partial charge in [-0.15, -0.1) is 0 Å². The molecule has 0 radical (unpaired) electrons. The van der Waals surface area contributed by atoms with E-state index in [9.17, 15) is 0 Å². The van der Waals surface area contributed by atoms with Gasteiger partial charge >= 0.3 is 0 Å². The molecule has 0 saturated carbocycles. The number of hydrogen-bond acceptors (Lipinski definition) is 3. The van der Waals surface area contributed by atoms with Gasteiger partial charge in [0.05, 0.1) is 13.7 Å². The Morgan fingerprint density at radius 2 is 2.00 bits per heavy atom. The fourth-order valence-electron chi connectivity index (χ4n) is 1.34. The summed E-state index contributed by atoms with van der Waals surface area (Å²) in [5, 5.41) is 0. The van der Waals surface area contributed by atoms with Crippen LogP contribution >= 0.6 is 0 Å². The Hall–Kier alpha value is -1.38. The van der Waals surface area contributed by atoms with Crippen molar-refractivity contribution in [3.63, 3.8) is 0 Å². The van der Waals surface area contributed by atoms with E-state index in [4.69, 9.17) is 15.2 Å². The maximum Gasteiger partial charge on any atom is 0.162 e. The van der Waals surface area contributed by atoms with Gasteiger partial charge in [0.2, 0.25) is 0 Å². The molecular weight excluding hydrogens is 190 g/mol. The van der Waals surface area contributed by atoms with Crippen LogP contribution < -0.4 is 15.2 Å². The summed E-state index contributed by atoms with van der Waals surface area (Å²) >= 11 is 0. The van der Waals surface area contributed by atoms with Crippen LogP contribution in [0.2, 0.25) is 0 Å². The lowest BCUT2D eigenvalue weighted by atomic mass is 10.2. The first kappa shape index (κ1) is 11.7. The summed E-state index contributed by atoms with van der Waals surface area (Å²) in [5.41, 5.74) is 6.33. The van der Waals surface area contributed by atoms with Crippen molar-refractivity contribution >= 4 is 5.69 Å². The molecular formula is C12H19NO2. The van der Waals surface area contributed by atoms with Gasteiger partial charge in [-0.25, -0.2) is 0 Å². The molecule has 2 N–H and O–H groups in total. The van der Waals surface area contributed by atoms with Crippen LogP contribution in [0.1, 0.15) is 26.2 Å². The molecule has 0 aromatic heterocycles. The molecule has 0 bridgehead atoms. The smallest absolute Gasteiger partial charge is 0.162 e. The minimum atomic E-state index is 0.688. The number of anilines is 1. The lowest BCUT2D eigenvalue weighted by Gasteiger charge is -2.10. The Kier molecular flexibility index (Phi) is 4.81. The molecule has 1 aromatic carbocycles. The number of rotatable bonds is 6. The summed E-state index contributed by atoms with van der Waals surface area (Å²) in [6, 6.07) is 5.44. The van der Waals surface area contributed by atoms with Crippen molar-refractivity contribution < 1.29 is 9.47 Å². The first-order valence-corrected chi connectivity index (χ1v) is 5.34. The van der Waals surface area contributed by atoms with Crippen LogP contribution in [0.25, 0.3) is 0 Å². The van der Waals surface area contributed by atoms with Crippen LogP contribution in [0.15, 0.2) is 18.2 Å². The van der Waals surface area contributed by atoms with Gasteiger partial charge in [-0.2, -0.15) is 0 Å². The molecule has 1 rings (SSSR count). The highest BCUT2D eigenvalue weighted by Gasteiger charge is 2.03. The number of ether oxygens (including phenoxy) is 2. The normalized spacial score (nSPS) is 10.0. The Labute approximate surface area is 91.2 Å². The topological polar surface area (TPSA) is 44.5 Å². The van der Waals surface area contributed by atoms with Gasteiger partial charge in [0.1, 0.15) is 0 Å². The van der Waals surface area contributed by atoms with Crippen molar-refractivity contribution in [2.75, 3.05) is 19.5 Å². The third-order valence-electron chi connectivity index (χ3n) is 2.19. The van der Waals surface area contributed by atoms with Crippen molar-refractivity contribution in [1.29, 1.82) is 0 Å².